The number of rotatable bonds is 5. The van der Waals surface area contributed by atoms with Gasteiger partial charge in [0.05, 0.1) is 11.6 Å². The average Bonchev–Trinajstić information content (AvgIpc) is 2.92. The molecule has 0 bridgehead atoms. The maximum Gasteiger partial charge on any atom is 0.191 e. The second kappa shape index (κ2) is 8.72. The van der Waals surface area contributed by atoms with Crippen LogP contribution in [0.25, 0.3) is 0 Å². The molecule has 1 heterocycles. The lowest BCUT2D eigenvalue weighted by atomic mass is 10.1. The number of nitrogens with one attached hydrogen (secondary N) is 2. The van der Waals surface area contributed by atoms with Gasteiger partial charge in [0.25, 0.3) is 0 Å². The van der Waals surface area contributed by atoms with Crippen LogP contribution in [-0.2, 0) is 6.54 Å². The van der Waals surface area contributed by atoms with E-state index in [1.54, 1.807) is 7.11 Å². The molecule has 2 N–H and O–H groups in total. The lowest BCUT2D eigenvalue weighted by molar-refractivity contribution is 0.265. The van der Waals surface area contributed by atoms with Gasteiger partial charge in [0.1, 0.15) is 5.75 Å². The number of nitrogens with zero attached hydrogens (tertiary/aromatic N) is 2. The fourth-order valence-corrected chi connectivity index (χ4v) is 3.58. The highest BCUT2D eigenvalue weighted by Crippen LogP contribution is 2.25. The van der Waals surface area contributed by atoms with Crippen LogP contribution in [0, 0.1) is 5.92 Å². The van der Waals surface area contributed by atoms with Crippen LogP contribution >= 0.6 is 15.9 Å². The summed E-state index contributed by atoms with van der Waals surface area (Å²) in [6.07, 6.45) is 0. The molecule has 1 aromatic rings. The quantitative estimate of drug-likeness (QED) is 0.593. The van der Waals surface area contributed by atoms with E-state index in [4.69, 9.17) is 4.74 Å². The van der Waals surface area contributed by atoms with Crippen LogP contribution in [0.4, 0.5) is 0 Å². The molecule has 0 aliphatic carbocycles. The van der Waals surface area contributed by atoms with Gasteiger partial charge in [0.15, 0.2) is 5.96 Å². The molecule has 1 aliphatic rings. The minimum Gasteiger partial charge on any atom is -0.496 e. The molecule has 0 saturated carbocycles. The summed E-state index contributed by atoms with van der Waals surface area (Å²) >= 11 is 3.53. The zero-order chi connectivity index (χ0) is 17.7. The van der Waals surface area contributed by atoms with Gasteiger partial charge in [-0.2, -0.15) is 0 Å². The monoisotopic (exact) mass is 396 g/mol. The first-order valence-corrected chi connectivity index (χ1v) is 9.27. The predicted octanol–water partition coefficient (Wildman–Crippen LogP) is 2.85. The highest BCUT2D eigenvalue weighted by Gasteiger charge is 2.31. The zero-order valence-corrected chi connectivity index (χ0v) is 16.9. The molecule has 2 atom stereocenters. The van der Waals surface area contributed by atoms with Crippen LogP contribution in [0.15, 0.2) is 27.7 Å². The summed E-state index contributed by atoms with van der Waals surface area (Å²) < 4.78 is 6.23. The number of methoxy groups -OCH3 is 1. The van der Waals surface area contributed by atoms with Crippen molar-refractivity contribution in [3.05, 3.63) is 28.2 Å². The maximum atomic E-state index is 5.27. The molecule has 134 valence electrons. The highest BCUT2D eigenvalue weighted by atomic mass is 79.9. The molecular formula is C18H29BrN4O. The van der Waals surface area contributed by atoms with Crippen LogP contribution in [0.2, 0.25) is 0 Å². The minimum atomic E-state index is 0.432. The molecule has 2 rings (SSSR count). The van der Waals surface area contributed by atoms with Crippen molar-refractivity contribution in [1.29, 1.82) is 0 Å². The Kier molecular flexibility index (Phi) is 6.92. The smallest absolute Gasteiger partial charge is 0.191 e. The SMILES string of the molecule is CN=C(NCc1ccc(OC)c(Br)c1)NC1CN(C(C)C)CC1C. The van der Waals surface area contributed by atoms with Gasteiger partial charge in [-0.1, -0.05) is 13.0 Å². The van der Waals surface area contributed by atoms with Gasteiger partial charge in [-0.15, -0.1) is 0 Å². The molecule has 2 unspecified atom stereocenters. The summed E-state index contributed by atoms with van der Waals surface area (Å²) in [6.45, 7) is 9.73. The first kappa shape index (κ1) is 19.1. The number of guanidine groups is 1. The first-order chi connectivity index (χ1) is 11.4. The Bertz CT molecular complexity index is 576. The summed E-state index contributed by atoms with van der Waals surface area (Å²) in [7, 11) is 3.49. The van der Waals surface area contributed by atoms with Crippen molar-refractivity contribution >= 4 is 21.9 Å². The lowest BCUT2D eigenvalue weighted by Gasteiger charge is -2.22. The molecule has 1 saturated heterocycles. The normalized spacial score (nSPS) is 22.0. The Hall–Kier alpha value is -1.27. The van der Waals surface area contributed by atoms with Gasteiger partial charge in [-0.25, -0.2) is 0 Å². The molecule has 0 aromatic heterocycles. The van der Waals surface area contributed by atoms with E-state index in [0.29, 0.717) is 18.0 Å². The third kappa shape index (κ3) is 4.86. The van der Waals surface area contributed by atoms with Gasteiger partial charge < -0.3 is 15.4 Å². The van der Waals surface area contributed by atoms with Crippen molar-refractivity contribution in [3.8, 4) is 5.75 Å². The second-order valence-corrected chi connectivity index (χ2v) is 7.52. The van der Waals surface area contributed by atoms with Crippen LogP contribution in [0.5, 0.6) is 5.75 Å². The van der Waals surface area contributed by atoms with Crippen molar-refractivity contribution in [2.24, 2.45) is 10.9 Å². The summed E-state index contributed by atoms with van der Waals surface area (Å²) in [5.41, 5.74) is 1.17. The Morgan fingerprint density at radius 3 is 2.71 bits per heavy atom. The minimum absolute atomic E-state index is 0.432. The first-order valence-electron chi connectivity index (χ1n) is 8.48. The fourth-order valence-electron chi connectivity index (χ4n) is 2.99. The van der Waals surface area contributed by atoms with Crippen LogP contribution < -0.4 is 15.4 Å². The molecule has 5 nitrogen and oxygen atoms in total. The van der Waals surface area contributed by atoms with Crippen LogP contribution in [0.1, 0.15) is 26.3 Å². The number of aliphatic imine (C=N–C) groups is 1. The maximum absolute atomic E-state index is 5.27. The van der Waals surface area contributed by atoms with Crippen molar-refractivity contribution in [3.63, 3.8) is 0 Å². The van der Waals surface area contributed by atoms with Crippen molar-refractivity contribution in [2.45, 2.75) is 39.4 Å². The van der Waals surface area contributed by atoms with E-state index in [1.165, 1.54) is 5.56 Å². The number of likely N-dealkylation sites (tertiary alicyclic amines) is 1. The lowest BCUT2D eigenvalue weighted by Crippen LogP contribution is -2.46. The van der Waals surface area contributed by atoms with Crippen molar-refractivity contribution in [2.75, 3.05) is 27.2 Å². The molecule has 1 fully saturated rings. The van der Waals surface area contributed by atoms with E-state index >= 15 is 0 Å². The van der Waals surface area contributed by atoms with Crippen LogP contribution in [0.3, 0.4) is 0 Å². The summed E-state index contributed by atoms with van der Waals surface area (Å²) in [5.74, 6) is 2.31. The van der Waals surface area contributed by atoms with Crippen molar-refractivity contribution < 1.29 is 4.74 Å². The van der Waals surface area contributed by atoms with E-state index in [0.717, 1.165) is 35.8 Å². The van der Waals surface area contributed by atoms with Crippen LogP contribution in [-0.4, -0.2) is 50.2 Å². The fraction of sp³-hybridized carbons (Fsp3) is 0.611. The largest absolute Gasteiger partial charge is 0.496 e. The van der Waals surface area contributed by atoms with Crippen molar-refractivity contribution in [1.82, 2.24) is 15.5 Å². The van der Waals surface area contributed by atoms with Gasteiger partial charge >= 0.3 is 0 Å². The highest BCUT2D eigenvalue weighted by molar-refractivity contribution is 9.10. The molecule has 0 radical (unpaired) electrons. The Labute approximate surface area is 154 Å². The molecule has 6 heteroatoms. The van der Waals surface area contributed by atoms with E-state index in [2.05, 4.69) is 69.4 Å². The number of hydrogen-bond donors (Lipinski definition) is 2. The van der Waals surface area contributed by atoms with E-state index in [1.807, 2.05) is 13.1 Å². The van der Waals surface area contributed by atoms with E-state index < -0.39 is 0 Å². The Balaban J connectivity index is 1.90. The number of hydrogen-bond acceptors (Lipinski definition) is 3. The molecule has 0 amide bonds. The molecule has 1 aromatic carbocycles. The third-order valence-corrected chi connectivity index (χ3v) is 5.21. The summed E-state index contributed by atoms with van der Waals surface area (Å²) in [6, 6.07) is 7.11. The van der Waals surface area contributed by atoms with E-state index in [9.17, 15) is 0 Å². The van der Waals surface area contributed by atoms with E-state index in [-0.39, 0.29) is 0 Å². The van der Waals surface area contributed by atoms with Gasteiger partial charge in [-0.05, 0) is 53.4 Å². The second-order valence-electron chi connectivity index (χ2n) is 6.67. The number of benzene rings is 1. The standard InChI is InChI=1S/C18H29BrN4O/c1-12(2)23-10-13(3)16(11-23)22-18(20-4)21-9-14-6-7-17(24-5)15(19)8-14/h6-8,12-13,16H,9-11H2,1-5H3,(H2,20,21,22). The van der Waals surface area contributed by atoms with Gasteiger partial charge in [0.2, 0.25) is 0 Å². The topological polar surface area (TPSA) is 48.9 Å². The molecule has 0 spiro atoms. The molecule has 1 aliphatic heterocycles. The zero-order valence-electron chi connectivity index (χ0n) is 15.3. The molecular weight excluding hydrogens is 368 g/mol. The Morgan fingerprint density at radius 1 is 1.42 bits per heavy atom. The Morgan fingerprint density at radius 2 is 2.17 bits per heavy atom. The number of halogens is 1. The summed E-state index contributed by atoms with van der Waals surface area (Å²) in [4.78, 5) is 6.88. The van der Waals surface area contributed by atoms with Gasteiger partial charge in [0, 0.05) is 38.8 Å². The summed E-state index contributed by atoms with van der Waals surface area (Å²) in [5, 5.41) is 6.97. The average molecular weight is 397 g/mol. The molecule has 24 heavy (non-hydrogen) atoms. The number of ether oxygens (including phenoxy) is 1. The third-order valence-electron chi connectivity index (χ3n) is 4.59. The van der Waals surface area contributed by atoms with Gasteiger partial charge in [-0.3, -0.25) is 9.89 Å². The predicted molar refractivity (Wildman–Crippen MR) is 104 cm³/mol.